The molecule has 4 rings (SSSR count). The molecular formula is C20H16F3N3OS. The van der Waals surface area contributed by atoms with E-state index in [0.29, 0.717) is 22.6 Å². The van der Waals surface area contributed by atoms with Gasteiger partial charge in [-0.15, -0.1) is 11.3 Å². The third-order valence-electron chi connectivity index (χ3n) is 4.74. The van der Waals surface area contributed by atoms with Crippen LogP contribution in [-0.4, -0.2) is 15.9 Å². The smallest absolute Gasteiger partial charge is 0.342 e. The van der Waals surface area contributed by atoms with Crippen LogP contribution in [0.1, 0.15) is 46.2 Å². The summed E-state index contributed by atoms with van der Waals surface area (Å²) in [5.74, 6) is -0.273. The van der Waals surface area contributed by atoms with Crippen molar-refractivity contribution in [2.45, 2.75) is 31.5 Å². The number of carbonyl (C=O) groups excluding carboxylic acids is 1. The molecule has 0 radical (unpaired) electrons. The summed E-state index contributed by atoms with van der Waals surface area (Å²) in [6.07, 6.45) is -1.95. The van der Waals surface area contributed by atoms with Crippen molar-refractivity contribution in [3.05, 3.63) is 69.8 Å². The van der Waals surface area contributed by atoms with Gasteiger partial charge in [0.05, 0.1) is 28.5 Å². The van der Waals surface area contributed by atoms with Gasteiger partial charge < -0.3 is 5.32 Å². The summed E-state index contributed by atoms with van der Waals surface area (Å²) >= 11 is 1.34. The monoisotopic (exact) mass is 403 g/mol. The molecule has 0 bridgehead atoms. The number of aryl methyl sites for hydroxylation is 1. The van der Waals surface area contributed by atoms with Crippen LogP contribution in [0.15, 0.2) is 47.3 Å². The molecule has 0 saturated carbocycles. The summed E-state index contributed by atoms with van der Waals surface area (Å²) in [6.45, 7) is 0. The second kappa shape index (κ2) is 7.35. The minimum Gasteiger partial charge on any atom is -0.342 e. The molecule has 0 fully saturated rings. The SMILES string of the molecule is O=C(NC1CCCc2ccc(-c3cccc(C(F)(F)F)c3)nc21)c1cscn1. The molecule has 8 heteroatoms. The number of carbonyl (C=O) groups is 1. The van der Waals surface area contributed by atoms with Gasteiger partial charge in [-0.3, -0.25) is 9.78 Å². The molecular weight excluding hydrogens is 387 g/mol. The Morgan fingerprint density at radius 1 is 1.21 bits per heavy atom. The molecule has 1 aromatic carbocycles. The van der Waals surface area contributed by atoms with E-state index in [4.69, 9.17) is 0 Å². The first-order chi connectivity index (χ1) is 13.4. The number of pyridine rings is 1. The first kappa shape index (κ1) is 18.6. The molecule has 1 N–H and O–H groups in total. The molecule has 2 heterocycles. The second-order valence-electron chi connectivity index (χ2n) is 6.61. The Bertz CT molecular complexity index is 1000. The van der Waals surface area contributed by atoms with E-state index in [-0.39, 0.29) is 11.9 Å². The molecule has 0 spiro atoms. The van der Waals surface area contributed by atoms with Crippen LogP contribution in [0, 0.1) is 0 Å². The number of alkyl halides is 3. The van der Waals surface area contributed by atoms with Crippen molar-refractivity contribution in [3.8, 4) is 11.3 Å². The van der Waals surface area contributed by atoms with Gasteiger partial charge in [0.25, 0.3) is 5.91 Å². The Balaban J connectivity index is 1.66. The number of hydrogen-bond acceptors (Lipinski definition) is 4. The zero-order valence-electron chi connectivity index (χ0n) is 14.7. The predicted molar refractivity (Wildman–Crippen MR) is 99.9 cm³/mol. The molecule has 1 aliphatic rings. The zero-order chi connectivity index (χ0) is 19.7. The molecule has 2 aromatic heterocycles. The number of hydrogen-bond donors (Lipinski definition) is 1. The highest BCUT2D eigenvalue weighted by Gasteiger charge is 2.31. The molecule has 3 aromatic rings. The van der Waals surface area contributed by atoms with Crippen molar-refractivity contribution in [3.63, 3.8) is 0 Å². The van der Waals surface area contributed by atoms with Crippen molar-refractivity contribution in [2.75, 3.05) is 0 Å². The fraction of sp³-hybridized carbons (Fsp3) is 0.250. The summed E-state index contributed by atoms with van der Waals surface area (Å²) in [5, 5.41) is 4.63. The van der Waals surface area contributed by atoms with Gasteiger partial charge in [0.2, 0.25) is 0 Å². The normalized spacial score (nSPS) is 16.5. The summed E-state index contributed by atoms with van der Waals surface area (Å²) < 4.78 is 39.1. The van der Waals surface area contributed by atoms with Crippen molar-refractivity contribution in [1.29, 1.82) is 0 Å². The molecule has 1 atom stereocenters. The Morgan fingerprint density at radius 2 is 2.07 bits per heavy atom. The van der Waals surface area contributed by atoms with E-state index in [0.717, 1.165) is 37.0 Å². The molecule has 0 aliphatic heterocycles. The molecule has 0 saturated heterocycles. The summed E-state index contributed by atoms with van der Waals surface area (Å²) in [6, 6.07) is 8.46. The van der Waals surface area contributed by atoms with Gasteiger partial charge in [-0.25, -0.2) is 4.98 Å². The van der Waals surface area contributed by atoms with Crippen LogP contribution in [0.2, 0.25) is 0 Å². The average molecular weight is 403 g/mol. The lowest BCUT2D eigenvalue weighted by atomic mass is 9.91. The van der Waals surface area contributed by atoms with E-state index in [2.05, 4.69) is 15.3 Å². The number of amides is 1. The fourth-order valence-corrected chi connectivity index (χ4v) is 3.90. The Hall–Kier alpha value is -2.74. The number of thiazole rings is 1. The average Bonchev–Trinajstić information content (AvgIpc) is 3.22. The standard InChI is InChI=1S/C20H16F3N3OS/c21-20(22,23)14-5-1-4-13(9-14)15-8-7-12-3-2-6-16(18(12)25-15)26-19(27)17-10-28-11-24-17/h1,4-5,7-11,16H,2-3,6H2,(H,26,27). The number of halogens is 3. The molecule has 4 nitrogen and oxygen atoms in total. The Morgan fingerprint density at radius 3 is 2.82 bits per heavy atom. The molecule has 1 amide bonds. The van der Waals surface area contributed by atoms with Crippen LogP contribution in [0.25, 0.3) is 11.3 Å². The molecule has 1 unspecified atom stereocenters. The van der Waals surface area contributed by atoms with E-state index >= 15 is 0 Å². The maximum absolute atomic E-state index is 13.0. The topological polar surface area (TPSA) is 54.9 Å². The predicted octanol–water partition coefficient (Wildman–Crippen LogP) is 5.03. The number of rotatable bonds is 3. The quantitative estimate of drug-likeness (QED) is 0.667. The van der Waals surface area contributed by atoms with Crippen LogP contribution < -0.4 is 5.32 Å². The van der Waals surface area contributed by atoms with Crippen molar-refractivity contribution >= 4 is 17.2 Å². The largest absolute Gasteiger partial charge is 0.416 e. The number of aromatic nitrogens is 2. The Kier molecular flexibility index (Phi) is 4.89. The van der Waals surface area contributed by atoms with Crippen LogP contribution >= 0.6 is 11.3 Å². The summed E-state index contributed by atoms with van der Waals surface area (Å²) in [7, 11) is 0. The first-order valence-corrected chi connectivity index (χ1v) is 9.72. The van der Waals surface area contributed by atoms with E-state index in [9.17, 15) is 18.0 Å². The zero-order valence-corrected chi connectivity index (χ0v) is 15.5. The van der Waals surface area contributed by atoms with E-state index in [1.165, 1.54) is 17.4 Å². The lowest BCUT2D eigenvalue weighted by molar-refractivity contribution is -0.137. The minimum atomic E-state index is -4.41. The van der Waals surface area contributed by atoms with Crippen LogP contribution in [0.3, 0.4) is 0 Å². The van der Waals surface area contributed by atoms with Crippen molar-refractivity contribution < 1.29 is 18.0 Å². The molecule has 1 aliphatic carbocycles. The molecule has 28 heavy (non-hydrogen) atoms. The third kappa shape index (κ3) is 3.77. The number of nitrogens with zero attached hydrogens (tertiary/aromatic N) is 2. The van der Waals surface area contributed by atoms with Gasteiger partial charge >= 0.3 is 6.18 Å². The highest BCUT2D eigenvalue weighted by Crippen LogP contribution is 2.34. The van der Waals surface area contributed by atoms with E-state index in [1.807, 2.05) is 6.07 Å². The van der Waals surface area contributed by atoms with Gasteiger partial charge in [0.15, 0.2) is 0 Å². The van der Waals surface area contributed by atoms with Gasteiger partial charge in [-0.1, -0.05) is 18.2 Å². The van der Waals surface area contributed by atoms with Crippen LogP contribution in [-0.2, 0) is 12.6 Å². The van der Waals surface area contributed by atoms with Crippen molar-refractivity contribution in [2.24, 2.45) is 0 Å². The minimum absolute atomic E-state index is 0.273. The number of fused-ring (bicyclic) bond motifs is 1. The number of nitrogens with one attached hydrogen (secondary N) is 1. The summed E-state index contributed by atoms with van der Waals surface area (Å²) in [4.78, 5) is 21.0. The maximum Gasteiger partial charge on any atom is 0.416 e. The number of benzene rings is 1. The fourth-order valence-electron chi connectivity index (χ4n) is 3.36. The third-order valence-corrected chi connectivity index (χ3v) is 5.32. The Labute approximate surface area is 163 Å². The van der Waals surface area contributed by atoms with E-state index < -0.39 is 11.7 Å². The lowest BCUT2D eigenvalue weighted by Crippen LogP contribution is -2.32. The lowest BCUT2D eigenvalue weighted by Gasteiger charge is -2.25. The maximum atomic E-state index is 13.0. The van der Waals surface area contributed by atoms with Crippen LogP contribution in [0.4, 0.5) is 13.2 Å². The van der Waals surface area contributed by atoms with Crippen LogP contribution in [0.5, 0.6) is 0 Å². The van der Waals surface area contributed by atoms with Gasteiger partial charge in [-0.05, 0) is 43.0 Å². The first-order valence-electron chi connectivity index (χ1n) is 8.78. The highest BCUT2D eigenvalue weighted by atomic mass is 32.1. The summed E-state index contributed by atoms with van der Waals surface area (Å²) in [5.41, 5.74) is 3.81. The van der Waals surface area contributed by atoms with Crippen molar-refractivity contribution in [1.82, 2.24) is 15.3 Å². The molecule has 144 valence electrons. The van der Waals surface area contributed by atoms with Gasteiger partial charge in [0.1, 0.15) is 5.69 Å². The second-order valence-corrected chi connectivity index (χ2v) is 7.33. The van der Waals surface area contributed by atoms with Gasteiger partial charge in [0, 0.05) is 10.9 Å². The van der Waals surface area contributed by atoms with Gasteiger partial charge in [-0.2, -0.15) is 13.2 Å². The highest BCUT2D eigenvalue weighted by molar-refractivity contribution is 7.07. The van der Waals surface area contributed by atoms with E-state index in [1.54, 1.807) is 23.0 Å².